The summed E-state index contributed by atoms with van der Waals surface area (Å²) < 4.78 is 79.5. The summed E-state index contributed by atoms with van der Waals surface area (Å²) in [6, 6.07) is 6.27. The number of nitrogens with zero attached hydrogens (tertiary/aromatic N) is 1. The van der Waals surface area contributed by atoms with Crippen LogP contribution in [0, 0.1) is 0 Å². The van der Waals surface area contributed by atoms with Crippen molar-refractivity contribution in [2.45, 2.75) is 50.0 Å². The van der Waals surface area contributed by atoms with E-state index in [0.717, 1.165) is 5.56 Å². The van der Waals surface area contributed by atoms with Crippen LogP contribution in [0.3, 0.4) is 0 Å². The molecule has 0 radical (unpaired) electrons. The summed E-state index contributed by atoms with van der Waals surface area (Å²) in [6.07, 6.45) is -8.72. The highest BCUT2D eigenvalue weighted by atomic mass is 35.5. The number of hydrogen-bond acceptors (Lipinski definition) is 2. The van der Waals surface area contributed by atoms with Crippen LogP contribution >= 0.6 is 23.2 Å². The van der Waals surface area contributed by atoms with Crippen LogP contribution in [0.4, 0.5) is 26.3 Å². The minimum Gasteiger partial charge on any atom is -0.396 e. The first kappa shape index (κ1) is 26.6. The zero-order valence-electron chi connectivity index (χ0n) is 17.7. The highest BCUT2D eigenvalue weighted by Gasteiger charge is 2.41. The average molecular weight is 528 g/mol. The first-order valence-corrected chi connectivity index (χ1v) is 11.1. The number of benzene rings is 2. The average Bonchev–Trinajstić information content (AvgIpc) is 2.75. The van der Waals surface area contributed by atoms with Crippen molar-refractivity contribution in [3.63, 3.8) is 0 Å². The number of piperidine rings is 1. The molecule has 1 unspecified atom stereocenters. The van der Waals surface area contributed by atoms with Gasteiger partial charge in [0.2, 0.25) is 5.91 Å². The molecule has 1 fully saturated rings. The Kier molecular flexibility index (Phi) is 7.79. The number of rotatable bonds is 6. The lowest BCUT2D eigenvalue weighted by molar-refractivity contribution is -0.143. The molecule has 1 N–H and O–H groups in total. The fourth-order valence-electron chi connectivity index (χ4n) is 4.34. The maximum Gasteiger partial charge on any atom is 0.416 e. The molecule has 11 heteroatoms. The lowest BCUT2D eigenvalue weighted by Gasteiger charge is -2.43. The van der Waals surface area contributed by atoms with Gasteiger partial charge in [-0.15, -0.1) is 0 Å². The third-order valence-corrected chi connectivity index (χ3v) is 6.77. The zero-order valence-corrected chi connectivity index (χ0v) is 19.3. The number of hydrogen-bond donors (Lipinski definition) is 1. The SMILES string of the molecule is O=C1CCC(CCCO)(c2ccc(Cl)c(Cl)c2)CN1Cc1cc(C(F)(F)F)cc(C(F)(F)F)c1. The van der Waals surface area contributed by atoms with Crippen molar-refractivity contribution in [2.75, 3.05) is 13.2 Å². The van der Waals surface area contributed by atoms with Crippen LogP contribution in [-0.2, 0) is 29.1 Å². The van der Waals surface area contributed by atoms with Crippen molar-refractivity contribution >= 4 is 29.1 Å². The summed E-state index contributed by atoms with van der Waals surface area (Å²) in [4.78, 5) is 13.9. The second kappa shape index (κ2) is 9.95. The summed E-state index contributed by atoms with van der Waals surface area (Å²) in [5.41, 5.74) is -3.11. The standard InChI is InChI=1S/C23H21Cl2F6NO2/c24-18-3-2-15(11-19(18)25)21(5-1-7-33)6-4-20(34)32(13-21)12-14-8-16(22(26,27)28)10-17(9-14)23(29,30)31/h2-3,8-11,33H,1,4-7,12-13H2. The fraction of sp³-hybridized carbons (Fsp3) is 0.435. The van der Waals surface area contributed by atoms with Crippen molar-refractivity contribution in [2.24, 2.45) is 0 Å². The largest absolute Gasteiger partial charge is 0.416 e. The molecule has 1 heterocycles. The van der Waals surface area contributed by atoms with Gasteiger partial charge >= 0.3 is 12.4 Å². The molecular weight excluding hydrogens is 507 g/mol. The van der Waals surface area contributed by atoms with Crippen LogP contribution in [0.15, 0.2) is 36.4 Å². The van der Waals surface area contributed by atoms with Crippen molar-refractivity contribution in [1.82, 2.24) is 4.90 Å². The first-order valence-electron chi connectivity index (χ1n) is 10.4. The van der Waals surface area contributed by atoms with Crippen LogP contribution < -0.4 is 0 Å². The van der Waals surface area contributed by atoms with E-state index in [1.807, 2.05) is 0 Å². The lowest BCUT2D eigenvalue weighted by Crippen LogP contribution is -2.48. The second-order valence-electron chi connectivity index (χ2n) is 8.40. The number of aliphatic hydroxyl groups is 1. The molecule has 2 aromatic rings. The van der Waals surface area contributed by atoms with Gasteiger partial charge in [-0.2, -0.15) is 26.3 Å². The number of carbonyl (C=O) groups excluding carboxylic acids is 1. The van der Waals surface area contributed by atoms with E-state index in [-0.39, 0.29) is 42.1 Å². The Bertz CT molecular complexity index is 1020. The summed E-state index contributed by atoms with van der Waals surface area (Å²) in [7, 11) is 0. The van der Waals surface area contributed by atoms with Gasteiger partial charge in [0, 0.05) is 31.5 Å². The van der Waals surface area contributed by atoms with Crippen LogP contribution in [0.5, 0.6) is 0 Å². The minimum atomic E-state index is -4.98. The molecule has 0 aromatic heterocycles. The Hall–Kier alpha value is -1.97. The van der Waals surface area contributed by atoms with Gasteiger partial charge in [0.25, 0.3) is 0 Å². The molecule has 34 heavy (non-hydrogen) atoms. The number of carbonyl (C=O) groups is 1. The molecule has 3 rings (SSSR count). The molecule has 0 spiro atoms. The predicted octanol–water partition coefficient (Wildman–Crippen LogP) is 6.86. The fourth-order valence-corrected chi connectivity index (χ4v) is 4.64. The smallest absolute Gasteiger partial charge is 0.396 e. The van der Waals surface area contributed by atoms with Gasteiger partial charge in [-0.1, -0.05) is 29.3 Å². The van der Waals surface area contributed by atoms with E-state index in [4.69, 9.17) is 23.2 Å². The van der Waals surface area contributed by atoms with E-state index in [0.29, 0.717) is 36.4 Å². The molecule has 0 aliphatic carbocycles. The van der Waals surface area contributed by atoms with E-state index < -0.39 is 35.4 Å². The topological polar surface area (TPSA) is 40.5 Å². The van der Waals surface area contributed by atoms with Crippen molar-refractivity contribution in [1.29, 1.82) is 0 Å². The molecule has 2 aromatic carbocycles. The van der Waals surface area contributed by atoms with Gasteiger partial charge in [0.05, 0.1) is 21.2 Å². The van der Waals surface area contributed by atoms with E-state index in [1.165, 1.54) is 4.90 Å². The Morgan fingerprint density at radius 2 is 1.56 bits per heavy atom. The van der Waals surface area contributed by atoms with Crippen molar-refractivity contribution in [3.05, 3.63) is 68.7 Å². The van der Waals surface area contributed by atoms with Gasteiger partial charge in [-0.25, -0.2) is 0 Å². The van der Waals surface area contributed by atoms with E-state index in [1.54, 1.807) is 18.2 Å². The summed E-state index contributed by atoms with van der Waals surface area (Å²) in [6.45, 7) is -0.505. The minimum absolute atomic E-state index is 0.0385. The maximum absolute atomic E-state index is 13.3. The third-order valence-electron chi connectivity index (χ3n) is 6.03. The third kappa shape index (κ3) is 5.98. The number of amides is 1. The van der Waals surface area contributed by atoms with Crippen molar-refractivity contribution in [3.8, 4) is 0 Å². The van der Waals surface area contributed by atoms with Crippen LogP contribution in [-0.4, -0.2) is 29.1 Å². The second-order valence-corrected chi connectivity index (χ2v) is 9.21. The first-order chi connectivity index (χ1) is 15.7. The Labute approximate surface area is 202 Å². The number of halogens is 8. The van der Waals surface area contributed by atoms with E-state index in [9.17, 15) is 36.2 Å². The van der Waals surface area contributed by atoms with Crippen LogP contribution in [0.1, 0.15) is 47.9 Å². The molecule has 0 saturated carbocycles. The van der Waals surface area contributed by atoms with Crippen LogP contribution in [0.2, 0.25) is 10.0 Å². The van der Waals surface area contributed by atoms with E-state index >= 15 is 0 Å². The molecular formula is C23H21Cl2F6NO2. The van der Waals surface area contributed by atoms with Gasteiger partial charge in [-0.3, -0.25) is 4.79 Å². The molecule has 0 bridgehead atoms. The van der Waals surface area contributed by atoms with Gasteiger partial charge in [0.15, 0.2) is 0 Å². The van der Waals surface area contributed by atoms with Gasteiger partial charge < -0.3 is 10.0 Å². The normalized spacial score (nSPS) is 19.6. The molecule has 3 nitrogen and oxygen atoms in total. The summed E-state index contributed by atoms with van der Waals surface area (Å²) in [5, 5.41) is 9.97. The van der Waals surface area contributed by atoms with E-state index in [2.05, 4.69) is 0 Å². The Morgan fingerprint density at radius 1 is 0.941 bits per heavy atom. The summed E-state index contributed by atoms with van der Waals surface area (Å²) in [5.74, 6) is -0.384. The molecule has 1 amide bonds. The molecule has 1 aliphatic rings. The highest BCUT2D eigenvalue weighted by molar-refractivity contribution is 6.42. The van der Waals surface area contributed by atoms with Gasteiger partial charge in [-0.05, 0) is 60.7 Å². The molecule has 1 atom stereocenters. The lowest BCUT2D eigenvalue weighted by atomic mass is 9.71. The highest BCUT2D eigenvalue weighted by Crippen LogP contribution is 2.42. The maximum atomic E-state index is 13.3. The monoisotopic (exact) mass is 527 g/mol. The number of aliphatic hydroxyl groups excluding tert-OH is 1. The predicted molar refractivity (Wildman–Crippen MR) is 116 cm³/mol. The van der Waals surface area contributed by atoms with Gasteiger partial charge in [0.1, 0.15) is 0 Å². The Balaban J connectivity index is 1.99. The molecule has 1 aliphatic heterocycles. The number of alkyl halides is 6. The number of likely N-dealkylation sites (tertiary alicyclic amines) is 1. The zero-order chi connectivity index (χ0) is 25.3. The van der Waals surface area contributed by atoms with Crippen molar-refractivity contribution < 1.29 is 36.2 Å². The quantitative estimate of drug-likeness (QED) is 0.416. The van der Waals surface area contributed by atoms with Crippen LogP contribution in [0.25, 0.3) is 0 Å². The summed E-state index contributed by atoms with van der Waals surface area (Å²) >= 11 is 12.2. The molecule has 186 valence electrons. The Morgan fingerprint density at radius 3 is 2.09 bits per heavy atom. The molecule has 1 saturated heterocycles.